The van der Waals surface area contributed by atoms with Crippen molar-refractivity contribution >= 4 is 7.82 Å². The van der Waals surface area contributed by atoms with Crippen molar-refractivity contribution in [2.75, 3.05) is 34.3 Å². The zero-order valence-corrected chi connectivity index (χ0v) is 18.2. The monoisotopic (exact) mass is 380 g/mol. The van der Waals surface area contributed by atoms with Gasteiger partial charge in [0.05, 0.1) is 27.2 Å². The van der Waals surface area contributed by atoms with Crippen molar-refractivity contribution in [3.05, 3.63) is 0 Å². The van der Waals surface area contributed by atoms with Crippen LogP contribution in [0.3, 0.4) is 0 Å². The highest BCUT2D eigenvalue weighted by molar-refractivity contribution is 7.47. The number of rotatable bonds is 17. The second kappa shape index (κ2) is 14.2. The molecule has 0 spiro atoms. The van der Waals surface area contributed by atoms with Crippen molar-refractivity contribution in [1.29, 1.82) is 0 Å². The van der Waals surface area contributed by atoms with Crippen LogP contribution in [0.4, 0.5) is 0 Å². The molecule has 0 bridgehead atoms. The minimum Gasteiger partial charge on any atom is -0.329 e. The van der Waals surface area contributed by atoms with Crippen LogP contribution in [-0.4, -0.2) is 49.8 Å². The van der Waals surface area contributed by atoms with Gasteiger partial charge in [0.2, 0.25) is 0 Å². The quantitative estimate of drug-likeness (QED) is 0.205. The third-order valence-corrected chi connectivity index (χ3v) is 5.43. The standard InChI is InChI=1S/C19H42NO4P/c1-6-7-8-9-10-11-12-13-14-15-16-19(2)24-25(21,22)23-18-17-20(3,4)5/h19H,6-18H2,1-5H3/p+1. The van der Waals surface area contributed by atoms with E-state index in [0.717, 1.165) is 12.8 Å². The second-order valence-corrected chi connectivity index (χ2v) is 9.61. The summed E-state index contributed by atoms with van der Waals surface area (Å²) in [4.78, 5) is 9.75. The van der Waals surface area contributed by atoms with E-state index >= 15 is 0 Å². The average molecular weight is 381 g/mol. The number of phosphoric ester groups is 1. The van der Waals surface area contributed by atoms with Crippen LogP contribution in [0.25, 0.3) is 0 Å². The maximum absolute atomic E-state index is 11.9. The van der Waals surface area contributed by atoms with Crippen LogP contribution in [0, 0.1) is 0 Å². The first-order chi connectivity index (χ1) is 11.7. The number of hydrogen-bond donors (Lipinski definition) is 1. The smallest absolute Gasteiger partial charge is 0.329 e. The largest absolute Gasteiger partial charge is 0.472 e. The van der Waals surface area contributed by atoms with Crippen LogP contribution < -0.4 is 0 Å². The Balaban J connectivity index is 3.59. The average Bonchev–Trinajstić information content (AvgIpc) is 2.47. The van der Waals surface area contributed by atoms with E-state index in [1.54, 1.807) is 0 Å². The molecule has 0 amide bonds. The summed E-state index contributed by atoms with van der Waals surface area (Å²) in [7, 11) is 2.12. The van der Waals surface area contributed by atoms with Gasteiger partial charge in [0.25, 0.3) is 0 Å². The molecular formula is C19H43NO4P+. The molecule has 0 saturated carbocycles. The number of quaternary nitrogens is 1. The molecule has 6 heteroatoms. The summed E-state index contributed by atoms with van der Waals surface area (Å²) in [6, 6.07) is 0. The van der Waals surface area contributed by atoms with Crippen molar-refractivity contribution in [2.45, 2.75) is 90.6 Å². The van der Waals surface area contributed by atoms with Gasteiger partial charge in [0.1, 0.15) is 13.2 Å². The third kappa shape index (κ3) is 18.7. The minimum absolute atomic E-state index is 0.224. The highest BCUT2D eigenvalue weighted by Gasteiger charge is 2.25. The predicted octanol–water partition coefficient (Wildman–Crippen LogP) is 5.53. The molecule has 1 N–H and O–H groups in total. The van der Waals surface area contributed by atoms with E-state index in [1.165, 1.54) is 57.8 Å². The fourth-order valence-electron chi connectivity index (χ4n) is 2.66. The summed E-state index contributed by atoms with van der Waals surface area (Å²) in [5.74, 6) is 0. The molecule has 0 fully saturated rings. The summed E-state index contributed by atoms with van der Waals surface area (Å²) >= 11 is 0. The van der Waals surface area contributed by atoms with Gasteiger partial charge in [-0.2, -0.15) is 0 Å². The molecular weight excluding hydrogens is 337 g/mol. The number of nitrogens with zero attached hydrogens (tertiary/aromatic N) is 1. The van der Waals surface area contributed by atoms with Crippen molar-refractivity contribution < 1.29 is 23.0 Å². The summed E-state index contributed by atoms with van der Waals surface area (Å²) in [6.45, 7) is 4.99. The maximum Gasteiger partial charge on any atom is 0.472 e. The minimum atomic E-state index is -3.92. The number of phosphoric acid groups is 1. The molecule has 0 radical (unpaired) electrons. The van der Waals surface area contributed by atoms with E-state index in [-0.39, 0.29) is 12.7 Å². The van der Waals surface area contributed by atoms with E-state index in [4.69, 9.17) is 9.05 Å². The predicted molar refractivity (Wildman–Crippen MR) is 106 cm³/mol. The van der Waals surface area contributed by atoms with Crippen LogP contribution >= 0.6 is 7.82 Å². The molecule has 0 heterocycles. The Morgan fingerprint density at radius 2 is 1.40 bits per heavy atom. The number of hydrogen-bond acceptors (Lipinski definition) is 3. The number of unbranched alkanes of at least 4 members (excludes halogenated alkanes) is 9. The highest BCUT2D eigenvalue weighted by Crippen LogP contribution is 2.45. The topological polar surface area (TPSA) is 55.8 Å². The molecule has 0 aromatic carbocycles. The van der Waals surface area contributed by atoms with E-state index in [2.05, 4.69) is 6.92 Å². The Labute approximate surface area is 156 Å². The first-order valence-electron chi connectivity index (χ1n) is 10.1. The molecule has 0 aromatic rings. The Bertz CT molecular complexity index is 358. The van der Waals surface area contributed by atoms with Gasteiger partial charge < -0.3 is 9.38 Å². The SMILES string of the molecule is CCCCCCCCCCCCC(C)OP(=O)(O)OCC[N+](C)(C)C. The van der Waals surface area contributed by atoms with E-state index in [0.29, 0.717) is 11.0 Å². The van der Waals surface area contributed by atoms with Gasteiger partial charge in [-0.3, -0.25) is 9.05 Å². The van der Waals surface area contributed by atoms with E-state index in [9.17, 15) is 9.46 Å². The normalized spacial score (nSPS) is 15.9. The van der Waals surface area contributed by atoms with Crippen LogP contribution in [0.2, 0.25) is 0 Å². The van der Waals surface area contributed by atoms with Crippen molar-refractivity contribution in [3.8, 4) is 0 Å². The molecule has 25 heavy (non-hydrogen) atoms. The van der Waals surface area contributed by atoms with Crippen molar-refractivity contribution in [1.82, 2.24) is 0 Å². The van der Waals surface area contributed by atoms with Crippen LogP contribution in [0.1, 0.15) is 84.5 Å². The highest BCUT2D eigenvalue weighted by atomic mass is 31.2. The van der Waals surface area contributed by atoms with Gasteiger partial charge in [0.15, 0.2) is 0 Å². The van der Waals surface area contributed by atoms with Crippen LogP contribution in [0.5, 0.6) is 0 Å². The lowest BCUT2D eigenvalue weighted by atomic mass is 10.1. The van der Waals surface area contributed by atoms with Gasteiger partial charge in [-0.1, -0.05) is 71.1 Å². The Kier molecular flexibility index (Phi) is 14.2. The molecule has 0 rings (SSSR count). The Morgan fingerprint density at radius 3 is 1.88 bits per heavy atom. The van der Waals surface area contributed by atoms with Crippen molar-refractivity contribution in [3.63, 3.8) is 0 Å². The van der Waals surface area contributed by atoms with Gasteiger partial charge in [-0.15, -0.1) is 0 Å². The Morgan fingerprint density at radius 1 is 0.920 bits per heavy atom. The fraction of sp³-hybridized carbons (Fsp3) is 1.00. The molecule has 0 aliphatic carbocycles. The summed E-state index contributed by atoms with van der Waals surface area (Å²) in [5.41, 5.74) is 0. The molecule has 152 valence electrons. The van der Waals surface area contributed by atoms with Crippen LogP contribution in [-0.2, 0) is 13.6 Å². The zero-order chi connectivity index (χ0) is 19.2. The van der Waals surface area contributed by atoms with Gasteiger partial charge in [-0.25, -0.2) is 4.57 Å². The summed E-state index contributed by atoms with van der Waals surface area (Å²) in [6.07, 6.45) is 13.4. The molecule has 0 saturated heterocycles. The summed E-state index contributed by atoms with van der Waals surface area (Å²) < 4.78 is 22.9. The van der Waals surface area contributed by atoms with Gasteiger partial charge in [-0.05, 0) is 13.3 Å². The third-order valence-electron chi connectivity index (χ3n) is 4.29. The fourth-order valence-corrected chi connectivity index (χ4v) is 3.59. The lowest BCUT2D eigenvalue weighted by Crippen LogP contribution is -2.37. The van der Waals surface area contributed by atoms with E-state index in [1.807, 2.05) is 28.1 Å². The molecule has 0 aliphatic heterocycles. The number of likely N-dealkylation sites (N-methyl/N-ethyl adjacent to an activating group) is 1. The first kappa shape index (κ1) is 25.1. The lowest BCUT2D eigenvalue weighted by molar-refractivity contribution is -0.870. The molecule has 0 aromatic heterocycles. The summed E-state index contributed by atoms with van der Waals surface area (Å²) in [5, 5.41) is 0. The van der Waals surface area contributed by atoms with E-state index < -0.39 is 7.82 Å². The van der Waals surface area contributed by atoms with Gasteiger partial charge >= 0.3 is 7.82 Å². The molecule has 0 aliphatic rings. The first-order valence-corrected chi connectivity index (χ1v) is 11.6. The molecule has 5 nitrogen and oxygen atoms in total. The molecule has 2 atom stereocenters. The molecule has 2 unspecified atom stereocenters. The van der Waals surface area contributed by atoms with Crippen molar-refractivity contribution in [2.24, 2.45) is 0 Å². The van der Waals surface area contributed by atoms with Gasteiger partial charge in [0, 0.05) is 0 Å². The zero-order valence-electron chi connectivity index (χ0n) is 17.3. The van der Waals surface area contributed by atoms with Crippen LogP contribution in [0.15, 0.2) is 0 Å². The maximum atomic E-state index is 11.9. The second-order valence-electron chi connectivity index (χ2n) is 8.20. The Hall–Kier alpha value is 0.0700. The lowest BCUT2D eigenvalue weighted by Gasteiger charge is -2.24.